The number of nitrogens with zero attached hydrogens (tertiary/aromatic N) is 4. The van der Waals surface area contributed by atoms with Gasteiger partial charge in [0.05, 0.1) is 22.2 Å². The first kappa shape index (κ1) is 22.6. The number of hydrogen-bond donors (Lipinski definition) is 2. The molecule has 2 aromatic heterocycles. The minimum atomic E-state index is -1.21. The van der Waals surface area contributed by atoms with Crippen molar-refractivity contribution in [1.82, 2.24) is 9.13 Å². The second-order valence-corrected chi connectivity index (χ2v) is 6.80. The van der Waals surface area contributed by atoms with E-state index in [4.69, 9.17) is 10.2 Å². The van der Waals surface area contributed by atoms with E-state index >= 15 is 0 Å². The Balaban J connectivity index is 1.71. The van der Waals surface area contributed by atoms with Gasteiger partial charge in [-0.2, -0.15) is 0 Å². The Kier molecular flexibility index (Phi) is 7.67. The van der Waals surface area contributed by atoms with E-state index in [1.165, 1.54) is 21.5 Å². The third kappa shape index (κ3) is 5.90. The summed E-state index contributed by atoms with van der Waals surface area (Å²) in [5, 5.41) is 39.8. The van der Waals surface area contributed by atoms with Crippen molar-refractivity contribution in [3.8, 4) is 0 Å². The van der Waals surface area contributed by atoms with Crippen molar-refractivity contribution >= 4 is 23.3 Å². The van der Waals surface area contributed by atoms with Gasteiger partial charge in [-0.25, -0.2) is 9.59 Å². The van der Waals surface area contributed by atoms with Crippen LogP contribution >= 0.6 is 0 Å². The molecule has 2 aromatic rings. The summed E-state index contributed by atoms with van der Waals surface area (Å²) in [6.45, 7) is 0.731. The zero-order chi connectivity index (χ0) is 22.3. The lowest BCUT2D eigenvalue weighted by molar-refractivity contribution is -0.385. The molecule has 2 heterocycles. The molecule has 0 atom stereocenters. The fourth-order valence-corrected chi connectivity index (χ4v) is 3.19. The van der Waals surface area contributed by atoms with Crippen molar-refractivity contribution in [2.45, 2.75) is 51.6 Å². The lowest BCUT2D eigenvalue weighted by Crippen LogP contribution is -2.08. The molecule has 30 heavy (non-hydrogen) atoms. The fraction of sp³-hybridized carbons (Fsp3) is 0.444. The predicted octanol–water partition coefficient (Wildman–Crippen LogP) is 3.54. The number of nitro groups is 2. The summed E-state index contributed by atoms with van der Waals surface area (Å²) in [4.78, 5) is 42.7. The first-order valence-electron chi connectivity index (χ1n) is 9.36. The summed E-state index contributed by atoms with van der Waals surface area (Å²) in [5.74, 6) is -2.43. The number of carboxylic acids is 2. The van der Waals surface area contributed by atoms with Crippen molar-refractivity contribution in [3.63, 3.8) is 0 Å². The SMILES string of the molecule is O=C(O)c1cc([N+](=O)[O-])cn1CCCCCCCCn1cc([N+](=O)[O-])cc1C(=O)O. The minimum absolute atomic E-state index is 0.114. The summed E-state index contributed by atoms with van der Waals surface area (Å²) >= 11 is 0. The molecule has 2 N–H and O–H groups in total. The molecular formula is C18H22N4O8. The Hall–Kier alpha value is -3.70. The summed E-state index contributed by atoms with van der Waals surface area (Å²) in [6, 6.07) is 2.08. The Morgan fingerprint density at radius 2 is 1.07 bits per heavy atom. The quantitative estimate of drug-likeness (QED) is 0.280. The summed E-state index contributed by atoms with van der Waals surface area (Å²) in [7, 11) is 0. The van der Waals surface area contributed by atoms with Gasteiger partial charge >= 0.3 is 11.9 Å². The van der Waals surface area contributed by atoms with Crippen molar-refractivity contribution in [2.24, 2.45) is 0 Å². The van der Waals surface area contributed by atoms with E-state index < -0.39 is 21.8 Å². The summed E-state index contributed by atoms with van der Waals surface area (Å²) in [5.41, 5.74) is -0.731. The molecule has 0 saturated carbocycles. The summed E-state index contributed by atoms with van der Waals surface area (Å²) < 4.78 is 2.74. The highest BCUT2D eigenvalue weighted by Gasteiger charge is 2.19. The van der Waals surface area contributed by atoms with Gasteiger partial charge in [0.2, 0.25) is 0 Å². The van der Waals surface area contributed by atoms with E-state index in [0.29, 0.717) is 25.9 Å². The molecule has 0 aliphatic heterocycles. The van der Waals surface area contributed by atoms with Gasteiger partial charge in [0.1, 0.15) is 11.4 Å². The van der Waals surface area contributed by atoms with E-state index in [1.807, 2.05) is 0 Å². The Morgan fingerprint density at radius 1 is 0.733 bits per heavy atom. The van der Waals surface area contributed by atoms with E-state index in [2.05, 4.69) is 0 Å². The first-order valence-corrected chi connectivity index (χ1v) is 9.36. The maximum Gasteiger partial charge on any atom is 0.352 e. The highest BCUT2D eigenvalue weighted by atomic mass is 16.6. The van der Waals surface area contributed by atoms with Crippen molar-refractivity contribution in [1.29, 1.82) is 0 Å². The van der Waals surface area contributed by atoms with Gasteiger partial charge in [-0.15, -0.1) is 0 Å². The van der Waals surface area contributed by atoms with Crippen LogP contribution in [-0.2, 0) is 13.1 Å². The van der Waals surface area contributed by atoms with Gasteiger partial charge in [0.15, 0.2) is 0 Å². The van der Waals surface area contributed by atoms with Crippen LogP contribution in [0.1, 0.15) is 59.5 Å². The predicted molar refractivity (Wildman–Crippen MR) is 104 cm³/mol. The van der Waals surface area contributed by atoms with Crippen molar-refractivity contribution in [3.05, 3.63) is 56.1 Å². The molecule has 0 bridgehead atoms. The molecule has 0 spiro atoms. The zero-order valence-electron chi connectivity index (χ0n) is 16.1. The number of rotatable bonds is 13. The topological polar surface area (TPSA) is 171 Å². The van der Waals surface area contributed by atoms with E-state index in [9.17, 15) is 29.8 Å². The summed E-state index contributed by atoms with van der Waals surface area (Å²) in [6.07, 6.45) is 7.12. The smallest absolute Gasteiger partial charge is 0.352 e. The lowest BCUT2D eigenvalue weighted by atomic mass is 10.1. The number of aromatic carboxylic acids is 2. The maximum atomic E-state index is 11.2. The van der Waals surface area contributed by atoms with Crippen LogP contribution in [0.3, 0.4) is 0 Å². The van der Waals surface area contributed by atoms with Crippen LogP contribution in [0.25, 0.3) is 0 Å². The van der Waals surface area contributed by atoms with Crippen LogP contribution in [0, 0.1) is 20.2 Å². The van der Waals surface area contributed by atoms with Gasteiger partial charge in [-0.3, -0.25) is 20.2 Å². The van der Waals surface area contributed by atoms with Crippen LogP contribution in [0.2, 0.25) is 0 Å². The molecule has 0 aliphatic carbocycles. The molecule has 0 saturated heterocycles. The largest absolute Gasteiger partial charge is 0.477 e. The minimum Gasteiger partial charge on any atom is -0.477 e. The van der Waals surface area contributed by atoms with Gasteiger partial charge in [0.25, 0.3) is 11.4 Å². The van der Waals surface area contributed by atoms with Crippen LogP contribution in [-0.4, -0.2) is 41.1 Å². The molecule has 12 heteroatoms. The van der Waals surface area contributed by atoms with E-state index in [0.717, 1.165) is 37.8 Å². The number of aryl methyl sites for hydroxylation is 2. The molecule has 0 fully saturated rings. The second kappa shape index (κ2) is 10.2. The number of carboxylic acid groups (broad SMARTS) is 2. The third-order valence-electron chi connectivity index (χ3n) is 4.67. The molecule has 0 radical (unpaired) electrons. The van der Waals surface area contributed by atoms with Crippen molar-refractivity contribution in [2.75, 3.05) is 0 Å². The van der Waals surface area contributed by atoms with Gasteiger partial charge in [-0.05, 0) is 12.8 Å². The Bertz CT molecular complexity index is 870. The second-order valence-electron chi connectivity index (χ2n) is 6.80. The fourth-order valence-electron chi connectivity index (χ4n) is 3.19. The molecule has 12 nitrogen and oxygen atoms in total. The molecule has 0 aromatic carbocycles. The standard InChI is InChI=1S/C18H22N4O8/c23-17(24)15-9-13(21(27)28)11-19(15)7-5-3-1-2-4-6-8-20-12-14(22(29)30)10-16(20)18(25)26/h9-12H,1-8H2,(H,23,24)(H,25,26). The average molecular weight is 422 g/mol. The van der Waals surface area contributed by atoms with Gasteiger partial charge < -0.3 is 19.3 Å². The van der Waals surface area contributed by atoms with Crippen LogP contribution < -0.4 is 0 Å². The van der Waals surface area contributed by atoms with E-state index in [1.54, 1.807) is 0 Å². The highest BCUT2D eigenvalue weighted by Crippen LogP contribution is 2.19. The van der Waals surface area contributed by atoms with E-state index in [-0.39, 0.29) is 22.8 Å². The Labute approximate surface area is 170 Å². The van der Waals surface area contributed by atoms with Gasteiger partial charge in [0, 0.05) is 25.2 Å². The number of hydrogen-bond acceptors (Lipinski definition) is 6. The number of unbranched alkanes of at least 4 members (excludes halogenated alkanes) is 5. The van der Waals surface area contributed by atoms with Crippen LogP contribution in [0.15, 0.2) is 24.5 Å². The molecule has 0 unspecified atom stereocenters. The van der Waals surface area contributed by atoms with Crippen molar-refractivity contribution < 1.29 is 29.6 Å². The molecule has 0 amide bonds. The number of carbonyl (C=O) groups is 2. The third-order valence-corrected chi connectivity index (χ3v) is 4.67. The molecule has 2 rings (SSSR count). The molecular weight excluding hydrogens is 400 g/mol. The average Bonchev–Trinajstić information content (AvgIpc) is 3.28. The lowest BCUT2D eigenvalue weighted by Gasteiger charge is -2.07. The normalized spacial score (nSPS) is 10.8. The first-order chi connectivity index (χ1) is 14.2. The van der Waals surface area contributed by atoms with Crippen LogP contribution in [0.4, 0.5) is 11.4 Å². The highest BCUT2D eigenvalue weighted by molar-refractivity contribution is 5.87. The zero-order valence-corrected chi connectivity index (χ0v) is 16.1. The monoisotopic (exact) mass is 422 g/mol. The number of aromatic nitrogens is 2. The molecule has 162 valence electrons. The molecule has 0 aliphatic rings. The van der Waals surface area contributed by atoms with Gasteiger partial charge in [-0.1, -0.05) is 25.7 Å². The van der Waals surface area contributed by atoms with Crippen LogP contribution in [0.5, 0.6) is 0 Å². The maximum absolute atomic E-state index is 11.2. The Morgan fingerprint density at radius 3 is 1.37 bits per heavy atom.